The third-order valence-corrected chi connectivity index (χ3v) is 3.96. The fraction of sp³-hybridized carbons (Fsp3) is 0. The summed E-state index contributed by atoms with van der Waals surface area (Å²) >= 11 is 4.71. The van der Waals surface area contributed by atoms with Crippen LogP contribution >= 0.6 is 27.3 Å². The van der Waals surface area contributed by atoms with Crippen molar-refractivity contribution in [2.45, 2.75) is 0 Å². The van der Waals surface area contributed by atoms with E-state index in [4.69, 9.17) is 9.78 Å². The monoisotopic (exact) mass is 331 g/mol. The summed E-state index contributed by atoms with van der Waals surface area (Å²) in [5, 5.41) is 12.7. The molecule has 0 radical (unpaired) electrons. The van der Waals surface area contributed by atoms with E-state index in [1.165, 1.54) is 11.3 Å². The van der Waals surface area contributed by atoms with Gasteiger partial charge in [0.2, 0.25) is 5.82 Å². The predicted octanol–water partition coefficient (Wildman–Crippen LogP) is 4.10. The van der Waals surface area contributed by atoms with Crippen LogP contribution in [0.5, 0.6) is 0 Å². The highest BCUT2D eigenvalue weighted by Gasteiger charge is 2.12. The second-order valence-corrected chi connectivity index (χ2v) is 5.71. The predicted molar refractivity (Wildman–Crippen MR) is 75.5 cm³/mol. The van der Waals surface area contributed by atoms with Gasteiger partial charge in [0.05, 0.1) is 4.88 Å². The molecule has 0 saturated carbocycles. The van der Waals surface area contributed by atoms with Gasteiger partial charge < -0.3 is 4.52 Å². The summed E-state index contributed by atoms with van der Waals surface area (Å²) in [7, 11) is 0. The average Bonchev–Trinajstić information content (AvgIpc) is 3.08. The van der Waals surface area contributed by atoms with Gasteiger partial charge in [-0.2, -0.15) is 10.2 Å². The summed E-state index contributed by atoms with van der Waals surface area (Å²) in [4.78, 5) is 5.76. The van der Waals surface area contributed by atoms with Crippen molar-refractivity contribution in [3.05, 3.63) is 45.7 Å². The fourth-order valence-corrected chi connectivity index (χ4v) is 2.54. The van der Waals surface area contributed by atoms with E-state index in [0.717, 1.165) is 14.9 Å². The second kappa shape index (κ2) is 4.96. The molecule has 92 valence electrons. The number of halogens is 1. The lowest BCUT2D eigenvalue weighted by Gasteiger charge is -1.93. The molecule has 0 aliphatic rings. The van der Waals surface area contributed by atoms with E-state index in [1.807, 2.05) is 30.3 Å². The van der Waals surface area contributed by atoms with Crippen LogP contribution in [0.4, 0.5) is 0 Å². The fourth-order valence-electron chi connectivity index (χ4n) is 1.55. The minimum atomic E-state index is 0.435. The van der Waals surface area contributed by atoms with Crippen LogP contribution < -0.4 is 0 Å². The van der Waals surface area contributed by atoms with E-state index >= 15 is 0 Å². The zero-order chi connectivity index (χ0) is 13.2. The van der Waals surface area contributed by atoms with E-state index in [-0.39, 0.29) is 0 Å². The van der Waals surface area contributed by atoms with Crippen molar-refractivity contribution in [3.8, 4) is 28.2 Å². The number of hydrogen-bond donors (Lipinski definition) is 0. The highest BCUT2D eigenvalue weighted by molar-refractivity contribution is 9.10. The Hall–Kier alpha value is -1.97. The molecule has 3 rings (SSSR count). The van der Waals surface area contributed by atoms with E-state index in [0.29, 0.717) is 16.6 Å². The van der Waals surface area contributed by atoms with Crippen LogP contribution in [0.3, 0.4) is 0 Å². The molecule has 19 heavy (non-hydrogen) atoms. The van der Waals surface area contributed by atoms with Gasteiger partial charge >= 0.3 is 0 Å². The molecule has 0 spiro atoms. The molecule has 0 bridgehead atoms. The molecular weight excluding hydrogens is 326 g/mol. The van der Waals surface area contributed by atoms with Crippen LogP contribution in [-0.2, 0) is 0 Å². The molecule has 6 heteroatoms. The lowest BCUT2D eigenvalue weighted by molar-refractivity contribution is 0.433. The van der Waals surface area contributed by atoms with Gasteiger partial charge in [0, 0.05) is 10.0 Å². The summed E-state index contributed by atoms with van der Waals surface area (Å²) in [6.45, 7) is 0. The maximum absolute atomic E-state index is 8.80. The van der Waals surface area contributed by atoms with Crippen molar-refractivity contribution in [1.29, 1.82) is 5.26 Å². The first-order valence-corrected chi connectivity index (χ1v) is 6.97. The molecule has 0 aliphatic heterocycles. The van der Waals surface area contributed by atoms with E-state index in [1.54, 1.807) is 6.07 Å². The van der Waals surface area contributed by atoms with Crippen molar-refractivity contribution in [2.75, 3.05) is 0 Å². The Kier molecular flexibility index (Phi) is 3.15. The Morgan fingerprint density at radius 3 is 2.63 bits per heavy atom. The Morgan fingerprint density at radius 1 is 1.16 bits per heavy atom. The standard InChI is InChI=1S/C13H6BrN3OS/c14-9-3-1-8(2-4-9)12-16-13(18-17-12)11-6-5-10(7-15)19-11/h1-6H. The van der Waals surface area contributed by atoms with Crippen molar-refractivity contribution in [2.24, 2.45) is 0 Å². The van der Waals surface area contributed by atoms with Gasteiger partial charge in [-0.3, -0.25) is 0 Å². The van der Waals surface area contributed by atoms with Crippen LogP contribution in [0.1, 0.15) is 4.88 Å². The molecule has 0 unspecified atom stereocenters. The molecule has 0 saturated heterocycles. The molecule has 2 heterocycles. The lowest BCUT2D eigenvalue weighted by atomic mass is 10.2. The molecule has 0 N–H and O–H groups in total. The maximum Gasteiger partial charge on any atom is 0.268 e. The summed E-state index contributed by atoms with van der Waals surface area (Å²) in [5.74, 6) is 0.971. The molecule has 0 fully saturated rings. The summed E-state index contributed by atoms with van der Waals surface area (Å²) in [6, 6.07) is 13.3. The molecule has 3 aromatic rings. The van der Waals surface area contributed by atoms with Crippen LogP contribution in [0.15, 0.2) is 45.4 Å². The normalized spacial score (nSPS) is 10.3. The molecule has 4 nitrogen and oxygen atoms in total. The third kappa shape index (κ3) is 2.43. The number of nitrogens with zero attached hydrogens (tertiary/aromatic N) is 3. The zero-order valence-corrected chi connectivity index (χ0v) is 11.9. The number of nitriles is 1. The first-order chi connectivity index (χ1) is 9.26. The van der Waals surface area contributed by atoms with E-state index in [2.05, 4.69) is 32.1 Å². The maximum atomic E-state index is 8.80. The molecular formula is C13H6BrN3OS. The number of aromatic nitrogens is 2. The Labute approximate surface area is 121 Å². The summed E-state index contributed by atoms with van der Waals surface area (Å²) < 4.78 is 6.22. The quantitative estimate of drug-likeness (QED) is 0.709. The summed E-state index contributed by atoms with van der Waals surface area (Å²) in [6.07, 6.45) is 0. The van der Waals surface area contributed by atoms with Crippen LogP contribution in [0.25, 0.3) is 22.2 Å². The first kappa shape index (κ1) is 12.1. The highest BCUT2D eigenvalue weighted by atomic mass is 79.9. The molecule has 0 amide bonds. The molecule has 2 aromatic heterocycles. The van der Waals surface area contributed by atoms with Gasteiger partial charge in [0.15, 0.2) is 0 Å². The summed E-state index contributed by atoms with van der Waals surface area (Å²) in [5.41, 5.74) is 0.885. The van der Waals surface area contributed by atoms with Gasteiger partial charge in [0.1, 0.15) is 10.9 Å². The molecule has 0 aliphatic carbocycles. The molecule has 0 atom stereocenters. The average molecular weight is 332 g/mol. The van der Waals surface area contributed by atoms with E-state index in [9.17, 15) is 0 Å². The number of hydrogen-bond acceptors (Lipinski definition) is 5. The topological polar surface area (TPSA) is 62.7 Å². The van der Waals surface area contributed by atoms with Crippen LogP contribution in [0, 0.1) is 11.3 Å². The van der Waals surface area contributed by atoms with Crippen LogP contribution in [-0.4, -0.2) is 10.1 Å². The van der Waals surface area contributed by atoms with Crippen molar-refractivity contribution >= 4 is 27.3 Å². The van der Waals surface area contributed by atoms with E-state index < -0.39 is 0 Å². The van der Waals surface area contributed by atoms with Gasteiger partial charge in [-0.1, -0.05) is 21.1 Å². The zero-order valence-electron chi connectivity index (χ0n) is 9.50. The second-order valence-electron chi connectivity index (χ2n) is 3.71. The Morgan fingerprint density at radius 2 is 1.95 bits per heavy atom. The number of benzene rings is 1. The Bertz CT molecular complexity index is 755. The van der Waals surface area contributed by atoms with Gasteiger partial charge in [-0.25, -0.2) is 0 Å². The smallest absolute Gasteiger partial charge is 0.268 e. The minimum absolute atomic E-state index is 0.435. The minimum Gasteiger partial charge on any atom is -0.333 e. The molecule has 1 aromatic carbocycles. The van der Waals surface area contributed by atoms with Crippen molar-refractivity contribution in [1.82, 2.24) is 10.1 Å². The van der Waals surface area contributed by atoms with Crippen LogP contribution in [0.2, 0.25) is 0 Å². The highest BCUT2D eigenvalue weighted by Crippen LogP contribution is 2.28. The van der Waals surface area contributed by atoms with Crippen molar-refractivity contribution < 1.29 is 4.52 Å². The van der Waals surface area contributed by atoms with Gasteiger partial charge in [-0.15, -0.1) is 11.3 Å². The number of thiophene rings is 1. The number of rotatable bonds is 2. The Balaban J connectivity index is 1.95. The third-order valence-electron chi connectivity index (χ3n) is 2.46. The SMILES string of the molecule is N#Cc1ccc(-c2nc(-c3ccc(Br)cc3)no2)s1. The lowest BCUT2D eigenvalue weighted by Crippen LogP contribution is -1.79. The van der Waals surface area contributed by atoms with Crippen molar-refractivity contribution in [3.63, 3.8) is 0 Å². The first-order valence-electron chi connectivity index (χ1n) is 5.36. The largest absolute Gasteiger partial charge is 0.333 e. The van der Waals surface area contributed by atoms with Gasteiger partial charge in [0.25, 0.3) is 5.89 Å². The van der Waals surface area contributed by atoms with Gasteiger partial charge in [-0.05, 0) is 36.4 Å².